The Morgan fingerprint density at radius 1 is 1.22 bits per heavy atom. The maximum absolute atomic E-state index is 12.8. The molecule has 0 spiro atoms. The zero-order chi connectivity index (χ0) is 16.7. The molecule has 23 heavy (non-hydrogen) atoms. The lowest BCUT2D eigenvalue weighted by Crippen LogP contribution is -2.40. The van der Waals surface area contributed by atoms with Gasteiger partial charge in [-0.3, -0.25) is 9.59 Å². The predicted molar refractivity (Wildman–Crippen MR) is 86.3 cm³/mol. The lowest BCUT2D eigenvalue weighted by molar-refractivity contribution is -0.122. The SMILES string of the molecule is NCC1CCCC1NC(=O)CCCNC(=O)c1ccc(F)cc1. The number of hydrogen-bond donors (Lipinski definition) is 3. The molecule has 1 fully saturated rings. The second kappa shape index (κ2) is 8.62. The highest BCUT2D eigenvalue weighted by molar-refractivity contribution is 5.94. The Kier molecular flexibility index (Phi) is 6.52. The van der Waals surface area contributed by atoms with Gasteiger partial charge in [-0.1, -0.05) is 6.42 Å². The van der Waals surface area contributed by atoms with E-state index in [1.807, 2.05) is 0 Å². The zero-order valence-electron chi connectivity index (χ0n) is 13.2. The minimum atomic E-state index is -0.374. The summed E-state index contributed by atoms with van der Waals surface area (Å²) in [6, 6.07) is 5.56. The van der Waals surface area contributed by atoms with E-state index in [2.05, 4.69) is 10.6 Å². The molecule has 1 aromatic rings. The van der Waals surface area contributed by atoms with Gasteiger partial charge >= 0.3 is 0 Å². The summed E-state index contributed by atoms with van der Waals surface area (Å²) in [5.74, 6) is -0.242. The molecule has 0 radical (unpaired) electrons. The average molecular weight is 321 g/mol. The molecule has 4 N–H and O–H groups in total. The topological polar surface area (TPSA) is 84.2 Å². The van der Waals surface area contributed by atoms with Crippen LogP contribution in [0.2, 0.25) is 0 Å². The van der Waals surface area contributed by atoms with Crippen molar-refractivity contribution >= 4 is 11.8 Å². The van der Waals surface area contributed by atoms with Crippen molar-refractivity contribution in [1.29, 1.82) is 0 Å². The normalized spacial score (nSPS) is 20.3. The van der Waals surface area contributed by atoms with Crippen molar-refractivity contribution < 1.29 is 14.0 Å². The average Bonchev–Trinajstić information content (AvgIpc) is 2.99. The van der Waals surface area contributed by atoms with E-state index in [-0.39, 0.29) is 23.7 Å². The summed E-state index contributed by atoms with van der Waals surface area (Å²) in [6.45, 7) is 1.02. The van der Waals surface area contributed by atoms with E-state index in [1.54, 1.807) is 0 Å². The Morgan fingerprint density at radius 2 is 1.96 bits per heavy atom. The van der Waals surface area contributed by atoms with Crippen molar-refractivity contribution in [1.82, 2.24) is 10.6 Å². The van der Waals surface area contributed by atoms with Gasteiger partial charge in [0.25, 0.3) is 5.91 Å². The molecule has 6 heteroatoms. The van der Waals surface area contributed by atoms with Crippen LogP contribution in [0.1, 0.15) is 42.5 Å². The zero-order valence-corrected chi connectivity index (χ0v) is 13.2. The van der Waals surface area contributed by atoms with E-state index in [4.69, 9.17) is 5.73 Å². The first-order chi connectivity index (χ1) is 11.1. The van der Waals surface area contributed by atoms with Crippen LogP contribution >= 0.6 is 0 Å². The van der Waals surface area contributed by atoms with Gasteiger partial charge < -0.3 is 16.4 Å². The van der Waals surface area contributed by atoms with Crippen molar-refractivity contribution in [2.24, 2.45) is 11.7 Å². The van der Waals surface area contributed by atoms with Crippen LogP contribution in [0, 0.1) is 11.7 Å². The van der Waals surface area contributed by atoms with Crippen molar-refractivity contribution in [3.8, 4) is 0 Å². The highest BCUT2D eigenvalue weighted by atomic mass is 19.1. The van der Waals surface area contributed by atoms with E-state index >= 15 is 0 Å². The number of carbonyl (C=O) groups excluding carboxylic acids is 2. The van der Waals surface area contributed by atoms with Crippen LogP contribution in [0.5, 0.6) is 0 Å². The minimum Gasteiger partial charge on any atom is -0.353 e. The predicted octanol–water partition coefficient (Wildman–Crippen LogP) is 1.58. The first kappa shape index (κ1) is 17.4. The van der Waals surface area contributed by atoms with E-state index in [0.29, 0.717) is 37.4 Å². The first-order valence-corrected chi connectivity index (χ1v) is 8.13. The Balaban J connectivity index is 1.64. The molecule has 0 aliphatic heterocycles. The summed E-state index contributed by atoms with van der Waals surface area (Å²) < 4.78 is 12.8. The van der Waals surface area contributed by atoms with Crippen molar-refractivity contribution in [3.05, 3.63) is 35.6 Å². The summed E-state index contributed by atoms with van der Waals surface area (Å²) in [5.41, 5.74) is 6.11. The van der Waals surface area contributed by atoms with Gasteiger partial charge in [0, 0.05) is 24.6 Å². The van der Waals surface area contributed by atoms with Gasteiger partial charge in [0.05, 0.1) is 0 Å². The number of halogens is 1. The van der Waals surface area contributed by atoms with E-state index in [9.17, 15) is 14.0 Å². The smallest absolute Gasteiger partial charge is 0.251 e. The molecule has 0 saturated heterocycles. The molecule has 1 saturated carbocycles. The fourth-order valence-electron chi connectivity index (χ4n) is 2.94. The summed E-state index contributed by atoms with van der Waals surface area (Å²) in [7, 11) is 0. The van der Waals surface area contributed by atoms with E-state index in [0.717, 1.165) is 19.3 Å². The molecule has 2 rings (SSSR count). The fourth-order valence-corrected chi connectivity index (χ4v) is 2.94. The molecular weight excluding hydrogens is 297 g/mol. The quantitative estimate of drug-likeness (QED) is 0.667. The third kappa shape index (κ3) is 5.32. The van der Waals surface area contributed by atoms with E-state index in [1.165, 1.54) is 24.3 Å². The Labute approximate surface area is 135 Å². The molecule has 2 amide bonds. The molecule has 1 aliphatic carbocycles. The Morgan fingerprint density at radius 3 is 2.65 bits per heavy atom. The van der Waals surface area contributed by atoms with Crippen LogP contribution in [0.15, 0.2) is 24.3 Å². The maximum atomic E-state index is 12.8. The van der Waals surface area contributed by atoms with Crippen LogP contribution < -0.4 is 16.4 Å². The molecule has 0 bridgehead atoms. The number of amides is 2. The molecule has 0 heterocycles. The van der Waals surface area contributed by atoms with E-state index < -0.39 is 0 Å². The molecule has 0 aromatic heterocycles. The van der Waals surface area contributed by atoms with Crippen molar-refractivity contribution in [2.75, 3.05) is 13.1 Å². The molecular formula is C17H24FN3O2. The van der Waals surface area contributed by atoms with Gasteiger partial charge in [0.2, 0.25) is 5.91 Å². The second-order valence-corrected chi connectivity index (χ2v) is 5.97. The number of hydrogen-bond acceptors (Lipinski definition) is 3. The van der Waals surface area contributed by atoms with Crippen LogP contribution in [-0.2, 0) is 4.79 Å². The minimum absolute atomic E-state index is 0.00591. The van der Waals surface area contributed by atoms with Gasteiger partial charge in [0.1, 0.15) is 5.82 Å². The lowest BCUT2D eigenvalue weighted by atomic mass is 10.0. The number of benzene rings is 1. The molecule has 2 atom stereocenters. The maximum Gasteiger partial charge on any atom is 0.251 e. The standard InChI is InChI=1S/C17H24FN3O2/c18-14-8-6-12(7-9-14)17(23)20-10-2-5-16(22)21-15-4-1-3-13(15)11-19/h6-9,13,15H,1-5,10-11,19H2,(H,20,23)(H,21,22). The van der Waals surface area contributed by atoms with Gasteiger partial charge in [-0.2, -0.15) is 0 Å². The Bertz CT molecular complexity index is 533. The van der Waals surface area contributed by atoms with Crippen LogP contribution in [-0.4, -0.2) is 30.9 Å². The van der Waals surface area contributed by atoms with Gasteiger partial charge in [-0.05, 0) is 56.0 Å². The van der Waals surface area contributed by atoms with Crippen LogP contribution in [0.3, 0.4) is 0 Å². The molecule has 5 nitrogen and oxygen atoms in total. The summed E-state index contributed by atoms with van der Waals surface area (Å²) in [6.07, 6.45) is 4.13. The van der Waals surface area contributed by atoms with Gasteiger partial charge in [-0.15, -0.1) is 0 Å². The fraction of sp³-hybridized carbons (Fsp3) is 0.529. The summed E-state index contributed by atoms with van der Waals surface area (Å²) >= 11 is 0. The monoisotopic (exact) mass is 321 g/mol. The number of nitrogens with two attached hydrogens (primary N) is 1. The molecule has 1 aliphatic rings. The van der Waals surface area contributed by atoms with Gasteiger partial charge in [0.15, 0.2) is 0 Å². The number of rotatable bonds is 7. The third-order valence-corrected chi connectivity index (χ3v) is 4.28. The first-order valence-electron chi connectivity index (χ1n) is 8.13. The highest BCUT2D eigenvalue weighted by Crippen LogP contribution is 2.24. The lowest BCUT2D eigenvalue weighted by Gasteiger charge is -2.19. The largest absolute Gasteiger partial charge is 0.353 e. The number of nitrogens with one attached hydrogen (secondary N) is 2. The van der Waals surface area contributed by atoms with Crippen LogP contribution in [0.25, 0.3) is 0 Å². The number of carbonyl (C=O) groups is 2. The van der Waals surface area contributed by atoms with Crippen LogP contribution in [0.4, 0.5) is 4.39 Å². The van der Waals surface area contributed by atoms with Crippen molar-refractivity contribution in [3.63, 3.8) is 0 Å². The summed E-state index contributed by atoms with van der Waals surface area (Å²) in [5, 5.41) is 5.76. The molecule has 126 valence electrons. The van der Waals surface area contributed by atoms with Crippen molar-refractivity contribution in [2.45, 2.75) is 38.1 Å². The molecule has 2 unspecified atom stereocenters. The molecule has 1 aromatic carbocycles. The Hall–Kier alpha value is -1.95. The third-order valence-electron chi connectivity index (χ3n) is 4.28. The summed E-state index contributed by atoms with van der Waals surface area (Å²) in [4.78, 5) is 23.7. The second-order valence-electron chi connectivity index (χ2n) is 5.97. The van der Waals surface area contributed by atoms with Gasteiger partial charge in [-0.25, -0.2) is 4.39 Å². The highest BCUT2D eigenvalue weighted by Gasteiger charge is 2.26.